The zero-order valence-electron chi connectivity index (χ0n) is 28.5. The molecule has 0 atom stereocenters. The minimum atomic E-state index is 0.610. The average Bonchev–Trinajstić information content (AvgIpc) is 3.69. The van der Waals surface area contributed by atoms with Gasteiger partial charge in [0.15, 0.2) is 23.1 Å². The second-order valence-corrected chi connectivity index (χ2v) is 13.1. The Hall–Kier alpha value is -7.24. The lowest BCUT2D eigenvalue weighted by Gasteiger charge is -2.11. The first-order chi connectivity index (χ1) is 26.2. The number of oxazole rings is 1. The van der Waals surface area contributed by atoms with Crippen LogP contribution in [0.5, 0.6) is 0 Å². The van der Waals surface area contributed by atoms with Crippen molar-refractivity contribution in [2.75, 3.05) is 0 Å². The first-order valence-electron chi connectivity index (χ1n) is 17.6. The Morgan fingerprint density at radius 1 is 0.340 bits per heavy atom. The smallest absolute Gasteiger partial charge is 0.227 e. The zero-order chi connectivity index (χ0) is 35.1. The van der Waals surface area contributed by atoms with E-state index in [9.17, 15) is 0 Å². The van der Waals surface area contributed by atoms with Crippen molar-refractivity contribution in [3.8, 4) is 67.9 Å². The molecule has 2 heterocycles. The largest absolute Gasteiger partial charge is 0.435 e. The molecule has 0 saturated heterocycles. The van der Waals surface area contributed by atoms with Gasteiger partial charge in [0.25, 0.3) is 0 Å². The number of hydrogen-bond donors (Lipinski definition) is 0. The van der Waals surface area contributed by atoms with Crippen molar-refractivity contribution in [1.82, 2.24) is 19.9 Å². The molecular weight excluding hydrogens is 649 g/mol. The zero-order valence-corrected chi connectivity index (χ0v) is 28.5. The van der Waals surface area contributed by atoms with E-state index < -0.39 is 0 Å². The molecule has 0 unspecified atom stereocenters. The van der Waals surface area contributed by atoms with Crippen molar-refractivity contribution >= 4 is 32.6 Å². The molecule has 53 heavy (non-hydrogen) atoms. The molecule has 8 aromatic carbocycles. The Kier molecular flexibility index (Phi) is 7.40. The van der Waals surface area contributed by atoms with Crippen molar-refractivity contribution in [2.45, 2.75) is 0 Å². The molecular formula is C48H30N4O. The molecule has 0 amide bonds. The predicted molar refractivity (Wildman–Crippen MR) is 215 cm³/mol. The van der Waals surface area contributed by atoms with Crippen LogP contribution in [0.15, 0.2) is 186 Å². The molecule has 10 aromatic rings. The van der Waals surface area contributed by atoms with Gasteiger partial charge < -0.3 is 4.42 Å². The molecule has 0 spiro atoms. The lowest BCUT2D eigenvalue weighted by Crippen LogP contribution is -2.00. The summed E-state index contributed by atoms with van der Waals surface area (Å²) >= 11 is 0. The highest BCUT2D eigenvalue weighted by atomic mass is 16.3. The van der Waals surface area contributed by atoms with Crippen molar-refractivity contribution in [3.63, 3.8) is 0 Å². The minimum absolute atomic E-state index is 0.610. The summed E-state index contributed by atoms with van der Waals surface area (Å²) in [6.07, 6.45) is 0. The van der Waals surface area contributed by atoms with Crippen molar-refractivity contribution in [2.24, 2.45) is 0 Å². The van der Waals surface area contributed by atoms with Gasteiger partial charge in [-0.3, -0.25) is 0 Å². The third-order valence-corrected chi connectivity index (χ3v) is 9.76. The fourth-order valence-electron chi connectivity index (χ4n) is 7.15. The lowest BCUT2D eigenvalue weighted by molar-refractivity contribution is 0.623. The van der Waals surface area contributed by atoms with Crippen molar-refractivity contribution in [3.05, 3.63) is 182 Å². The quantitative estimate of drug-likeness (QED) is 0.175. The Balaban J connectivity index is 1.07. The van der Waals surface area contributed by atoms with E-state index in [1.807, 2.05) is 66.7 Å². The fraction of sp³-hybridized carbons (Fsp3) is 0. The molecule has 0 bridgehead atoms. The highest BCUT2D eigenvalue weighted by Gasteiger charge is 2.17. The van der Waals surface area contributed by atoms with Crippen LogP contribution < -0.4 is 0 Å². The van der Waals surface area contributed by atoms with E-state index in [0.29, 0.717) is 23.4 Å². The molecule has 5 heteroatoms. The number of rotatable bonds is 6. The highest BCUT2D eigenvalue weighted by molar-refractivity contribution is 6.11. The topological polar surface area (TPSA) is 64.7 Å². The highest BCUT2D eigenvalue weighted by Crippen LogP contribution is 2.38. The maximum absolute atomic E-state index is 6.45. The van der Waals surface area contributed by atoms with E-state index in [1.165, 1.54) is 16.3 Å². The molecule has 0 radical (unpaired) electrons. The molecule has 0 saturated carbocycles. The maximum atomic E-state index is 6.45. The summed E-state index contributed by atoms with van der Waals surface area (Å²) in [6.45, 7) is 0. The normalized spacial score (nSPS) is 11.4. The van der Waals surface area contributed by atoms with Crippen LogP contribution in [0.3, 0.4) is 0 Å². The van der Waals surface area contributed by atoms with Crippen molar-refractivity contribution in [1.29, 1.82) is 0 Å². The van der Waals surface area contributed by atoms with Crippen molar-refractivity contribution < 1.29 is 4.42 Å². The summed E-state index contributed by atoms with van der Waals surface area (Å²) in [5.74, 6) is 2.47. The van der Waals surface area contributed by atoms with Crippen LogP contribution in [0.1, 0.15) is 0 Å². The first kappa shape index (κ1) is 30.6. The first-order valence-corrected chi connectivity index (χ1v) is 17.6. The van der Waals surface area contributed by atoms with E-state index in [0.717, 1.165) is 60.8 Å². The summed E-state index contributed by atoms with van der Waals surface area (Å²) in [4.78, 5) is 19.9. The van der Waals surface area contributed by atoms with Gasteiger partial charge >= 0.3 is 0 Å². The Labute approximate surface area is 305 Å². The molecule has 0 fully saturated rings. The standard InChI is InChI=1S/C48H30N4O/c1-3-13-34(14-4-1)45-50-46(52-47(51-45)38-20-9-19-37(30-38)40-22-10-17-31-12-7-8-21-39(31)40)35-26-24-32(25-27-35)41-23-11-18-33-28-29-42-44(43(33)41)53-48(49-42)36-15-5-2-6-16-36/h1-30H. The van der Waals surface area contributed by atoms with Gasteiger partial charge in [0.05, 0.1) is 0 Å². The van der Waals surface area contributed by atoms with Gasteiger partial charge in [0, 0.05) is 27.6 Å². The van der Waals surface area contributed by atoms with E-state index >= 15 is 0 Å². The number of nitrogens with zero attached hydrogens (tertiary/aromatic N) is 4. The molecule has 2 aromatic heterocycles. The lowest BCUT2D eigenvalue weighted by atomic mass is 9.96. The van der Waals surface area contributed by atoms with Crippen LogP contribution >= 0.6 is 0 Å². The predicted octanol–water partition coefficient (Wildman–Crippen LogP) is 12.3. The third kappa shape index (κ3) is 5.61. The summed E-state index contributed by atoms with van der Waals surface area (Å²) in [6, 6.07) is 62.4. The SMILES string of the molecule is c1ccc(-c2nc(-c3ccc(-c4cccc5ccc6nc(-c7ccccc7)oc6c45)cc3)nc(-c3cccc(-c4cccc5ccccc45)c3)n2)cc1. The second kappa shape index (κ2) is 12.8. The summed E-state index contributed by atoms with van der Waals surface area (Å²) in [7, 11) is 0. The number of aromatic nitrogens is 4. The summed E-state index contributed by atoms with van der Waals surface area (Å²) < 4.78 is 6.45. The molecule has 0 aliphatic rings. The molecule has 0 N–H and O–H groups in total. The van der Waals surface area contributed by atoms with Gasteiger partial charge in [-0.05, 0) is 62.7 Å². The fourth-order valence-corrected chi connectivity index (χ4v) is 7.15. The van der Waals surface area contributed by atoms with Gasteiger partial charge in [0.2, 0.25) is 5.89 Å². The van der Waals surface area contributed by atoms with E-state index in [-0.39, 0.29) is 0 Å². The monoisotopic (exact) mass is 678 g/mol. The Morgan fingerprint density at radius 2 is 0.887 bits per heavy atom. The van der Waals surface area contributed by atoms with E-state index in [1.54, 1.807) is 0 Å². The average molecular weight is 679 g/mol. The van der Waals surface area contributed by atoms with Gasteiger partial charge in [-0.2, -0.15) is 0 Å². The molecule has 5 nitrogen and oxygen atoms in total. The van der Waals surface area contributed by atoms with Crippen LogP contribution in [-0.4, -0.2) is 19.9 Å². The van der Waals surface area contributed by atoms with Crippen LogP contribution in [0.4, 0.5) is 0 Å². The van der Waals surface area contributed by atoms with Gasteiger partial charge in [0.1, 0.15) is 5.52 Å². The number of benzene rings is 8. The maximum Gasteiger partial charge on any atom is 0.227 e. The summed E-state index contributed by atoms with van der Waals surface area (Å²) in [5.41, 5.74) is 9.73. The molecule has 0 aliphatic carbocycles. The summed E-state index contributed by atoms with van der Waals surface area (Å²) in [5, 5.41) is 4.54. The van der Waals surface area contributed by atoms with E-state index in [2.05, 4.69) is 115 Å². The Morgan fingerprint density at radius 3 is 1.66 bits per heavy atom. The molecule has 0 aliphatic heterocycles. The molecule has 10 rings (SSSR count). The van der Waals surface area contributed by atoms with Gasteiger partial charge in [-0.25, -0.2) is 19.9 Å². The van der Waals surface area contributed by atoms with Crippen LogP contribution in [0.25, 0.3) is 101 Å². The van der Waals surface area contributed by atoms with Crippen LogP contribution in [0, 0.1) is 0 Å². The van der Waals surface area contributed by atoms with Crippen LogP contribution in [-0.2, 0) is 0 Å². The van der Waals surface area contributed by atoms with Gasteiger partial charge in [-0.15, -0.1) is 0 Å². The van der Waals surface area contributed by atoms with E-state index in [4.69, 9.17) is 24.4 Å². The minimum Gasteiger partial charge on any atom is -0.435 e. The third-order valence-electron chi connectivity index (χ3n) is 9.76. The second-order valence-electron chi connectivity index (χ2n) is 13.1. The Bertz CT molecular complexity index is 2930. The van der Waals surface area contributed by atoms with Gasteiger partial charge in [-0.1, -0.05) is 158 Å². The van der Waals surface area contributed by atoms with Crippen LogP contribution in [0.2, 0.25) is 0 Å². The number of fused-ring (bicyclic) bond motifs is 4. The number of hydrogen-bond acceptors (Lipinski definition) is 5. The molecule has 248 valence electrons.